The van der Waals surface area contributed by atoms with Gasteiger partial charge in [0.05, 0.1) is 10.7 Å². The van der Waals surface area contributed by atoms with Gasteiger partial charge in [-0.3, -0.25) is 9.48 Å². The predicted molar refractivity (Wildman–Crippen MR) is 73.4 cm³/mol. The third-order valence-corrected chi connectivity index (χ3v) is 3.91. The van der Waals surface area contributed by atoms with Crippen LogP contribution in [0.15, 0.2) is 0 Å². The van der Waals surface area contributed by atoms with Crippen molar-refractivity contribution in [3.05, 3.63) is 16.4 Å². The molecule has 1 saturated heterocycles. The fourth-order valence-electron chi connectivity index (χ4n) is 2.39. The quantitative estimate of drug-likeness (QED) is 0.920. The van der Waals surface area contributed by atoms with Crippen LogP contribution in [-0.4, -0.2) is 35.4 Å². The van der Waals surface area contributed by atoms with E-state index in [-0.39, 0.29) is 5.91 Å². The molecule has 0 saturated carbocycles. The molecular weight excluding hydrogens is 266 g/mol. The average Bonchev–Trinajstić information content (AvgIpc) is 2.64. The highest BCUT2D eigenvalue weighted by Gasteiger charge is 2.19. The summed E-state index contributed by atoms with van der Waals surface area (Å²) in [5.41, 5.74) is 1.11. The maximum Gasteiger partial charge on any atom is 0.271 e. The molecule has 1 aromatic heterocycles. The summed E-state index contributed by atoms with van der Waals surface area (Å²) >= 11 is 6.07. The Labute approximate surface area is 118 Å². The number of hydrogen-bond donors (Lipinski definition) is 1. The first-order chi connectivity index (χ1) is 9.09. The van der Waals surface area contributed by atoms with Crippen LogP contribution < -0.4 is 5.32 Å². The van der Waals surface area contributed by atoms with E-state index in [0.717, 1.165) is 26.1 Å². The molecule has 0 spiro atoms. The molecule has 1 aliphatic heterocycles. The lowest BCUT2D eigenvalue weighted by atomic mass is 9.99. The Morgan fingerprint density at radius 1 is 1.63 bits per heavy atom. The first kappa shape index (κ1) is 14.3. The maximum absolute atomic E-state index is 12.1. The van der Waals surface area contributed by atoms with Gasteiger partial charge in [0.2, 0.25) is 0 Å². The number of halogens is 1. The van der Waals surface area contributed by atoms with Crippen molar-refractivity contribution in [1.82, 2.24) is 15.1 Å². The number of carbonyl (C=O) groups excluding carboxylic acids is 1. The molecule has 0 radical (unpaired) electrons. The van der Waals surface area contributed by atoms with Gasteiger partial charge in [-0.2, -0.15) is 5.10 Å². The van der Waals surface area contributed by atoms with Crippen LogP contribution in [0.3, 0.4) is 0 Å². The molecule has 19 heavy (non-hydrogen) atoms. The van der Waals surface area contributed by atoms with E-state index >= 15 is 0 Å². The van der Waals surface area contributed by atoms with Crippen molar-refractivity contribution < 1.29 is 9.53 Å². The molecule has 0 aliphatic carbocycles. The maximum atomic E-state index is 12.1. The van der Waals surface area contributed by atoms with Crippen LogP contribution in [0.1, 0.15) is 35.4 Å². The number of ether oxygens (including phenoxy) is 1. The van der Waals surface area contributed by atoms with E-state index in [0.29, 0.717) is 28.9 Å². The van der Waals surface area contributed by atoms with Crippen LogP contribution in [0.25, 0.3) is 0 Å². The summed E-state index contributed by atoms with van der Waals surface area (Å²) in [7, 11) is 1.72. The lowest BCUT2D eigenvalue weighted by molar-refractivity contribution is 0.0514. The Morgan fingerprint density at radius 3 is 3.00 bits per heavy atom. The van der Waals surface area contributed by atoms with Gasteiger partial charge in [-0.25, -0.2) is 0 Å². The topological polar surface area (TPSA) is 56.2 Å². The third-order valence-electron chi connectivity index (χ3n) is 3.46. The second kappa shape index (κ2) is 6.39. The molecule has 0 unspecified atom stereocenters. The molecule has 1 aliphatic rings. The first-order valence-electron chi connectivity index (χ1n) is 6.64. The lowest BCUT2D eigenvalue weighted by Gasteiger charge is -2.21. The Kier molecular flexibility index (Phi) is 4.82. The SMILES string of the molecule is Cc1nn(C)c(C(=O)NCC[C@@H]2CCCOC2)c1Cl. The standard InChI is InChI=1S/C13H20ClN3O2/c1-9-11(14)12(17(2)16-9)13(18)15-6-5-10-4-3-7-19-8-10/h10H,3-8H2,1-2H3,(H,15,18)/t10-/m0/s1. The summed E-state index contributed by atoms with van der Waals surface area (Å²) in [6.07, 6.45) is 3.24. The minimum absolute atomic E-state index is 0.162. The van der Waals surface area contributed by atoms with Crippen molar-refractivity contribution in [1.29, 1.82) is 0 Å². The largest absolute Gasteiger partial charge is 0.381 e. The van der Waals surface area contributed by atoms with Gasteiger partial charge < -0.3 is 10.1 Å². The Hall–Kier alpha value is -1.07. The molecule has 1 N–H and O–H groups in total. The summed E-state index contributed by atoms with van der Waals surface area (Å²) in [5, 5.41) is 7.47. The number of amides is 1. The summed E-state index contributed by atoms with van der Waals surface area (Å²) in [6, 6.07) is 0. The van der Waals surface area contributed by atoms with Gasteiger partial charge in [0.25, 0.3) is 5.91 Å². The zero-order chi connectivity index (χ0) is 13.8. The highest BCUT2D eigenvalue weighted by molar-refractivity contribution is 6.34. The summed E-state index contributed by atoms with van der Waals surface area (Å²) in [4.78, 5) is 12.1. The normalized spacial score (nSPS) is 19.4. The molecule has 5 nitrogen and oxygen atoms in total. The highest BCUT2D eigenvalue weighted by atomic mass is 35.5. The van der Waals surface area contributed by atoms with Crippen molar-refractivity contribution >= 4 is 17.5 Å². The first-order valence-corrected chi connectivity index (χ1v) is 7.02. The van der Waals surface area contributed by atoms with E-state index in [4.69, 9.17) is 16.3 Å². The van der Waals surface area contributed by atoms with Crippen LogP contribution in [0.4, 0.5) is 0 Å². The molecular formula is C13H20ClN3O2. The van der Waals surface area contributed by atoms with E-state index < -0.39 is 0 Å². The monoisotopic (exact) mass is 285 g/mol. The Balaban J connectivity index is 1.84. The molecule has 1 atom stereocenters. The third kappa shape index (κ3) is 3.48. The number of nitrogens with zero attached hydrogens (tertiary/aromatic N) is 2. The van der Waals surface area contributed by atoms with Gasteiger partial charge in [0.1, 0.15) is 5.69 Å². The zero-order valence-corrected chi connectivity index (χ0v) is 12.2. The van der Waals surface area contributed by atoms with E-state index in [1.54, 1.807) is 14.0 Å². The van der Waals surface area contributed by atoms with Crippen LogP contribution in [0.2, 0.25) is 5.02 Å². The smallest absolute Gasteiger partial charge is 0.271 e. The second-order valence-electron chi connectivity index (χ2n) is 5.00. The zero-order valence-electron chi connectivity index (χ0n) is 11.4. The fraction of sp³-hybridized carbons (Fsp3) is 0.692. The fourth-order valence-corrected chi connectivity index (χ4v) is 2.63. The molecule has 106 valence electrons. The molecule has 6 heteroatoms. The summed E-state index contributed by atoms with van der Waals surface area (Å²) in [6.45, 7) is 4.11. The van der Waals surface area contributed by atoms with Crippen LogP contribution in [0, 0.1) is 12.8 Å². The number of aromatic nitrogens is 2. The summed E-state index contributed by atoms with van der Waals surface area (Å²) < 4.78 is 6.94. The Bertz CT molecular complexity index is 453. The second-order valence-corrected chi connectivity index (χ2v) is 5.38. The van der Waals surface area contributed by atoms with Gasteiger partial charge in [0, 0.05) is 26.8 Å². The van der Waals surface area contributed by atoms with Gasteiger partial charge in [-0.1, -0.05) is 11.6 Å². The lowest BCUT2D eigenvalue weighted by Crippen LogP contribution is -2.29. The molecule has 0 aromatic carbocycles. The highest BCUT2D eigenvalue weighted by Crippen LogP contribution is 2.19. The van der Waals surface area contributed by atoms with E-state index in [9.17, 15) is 4.79 Å². The van der Waals surface area contributed by atoms with Crippen molar-refractivity contribution in [3.63, 3.8) is 0 Å². The van der Waals surface area contributed by atoms with E-state index in [1.807, 2.05) is 0 Å². The summed E-state index contributed by atoms with van der Waals surface area (Å²) in [5.74, 6) is 0.391. The molecule has 2 rings (SSSR count). The van der Waals surface area contributed by atoms with E-state index in [1.165, 1.54) is 11.1 Å². The predicted octanol–water partition coefficient (Wildman–Crippen LogP) is 1.93. The van der Waals surface area contributed by atoms with Crippen molar-refractivity contribution in [2.24, 2.45) is 13.0 Å². The molecule has 1 amide bonds. The molecule has 0 bridgehead atoms. The van der Waals surface area contributed by atoms with Crippen LogP contribution in [0.5, 0.6) is 0 Å². The number of aryl methyl sites for hydroxylation is 2. The van der Waals surface area contributed by atoms with Gasteiger partial charge in [0.15, 0.2) is 0 Å². The number of nitrogens with one attached hydrogen (secondary N) is 1. The average molecular weight is 286 g/mol. The number of carbonyl (C=O) groups is 1. The van der Waals surface area contributed by atoms with Gasteiger partial charge >= 0.3 is 0 Å². The van der Waals surface area contributed by atoms with Gasteiger partial charge in [-0.15, -0.1) is 0 Å². The van der Waals surface area contributed by atoms with Crippen LogP contribution in [-0.2, 0) is 11.8 Å². The Morgan fingerprint density at radius 2 is 2.42 bits per heavy atom. The van der Waals surface area contributed by atoms with Crippen molar-refractivity contribution in [2.45, 2.75) is 26.2 Å². The number of hydrogen-bond acceptors (Lipinski definition) is 3. The van der Waals surface area contributed by atoms with Crippen LogP contribution >= 0.6 is 11.6 Å². The molecule has 1 fully saturated rings. The van der Waals surface area contributed by atoms with E-state index in [2.05, 4.69) is 10.4 Å². The molecule has 2 heterocycles. The van der Waals surface area contributed by atoms with Crippen molar-refractivity contribution in [3.8, 4) is 0 Å². The minimum Gasteiger partial charge on any atom is -0.381 e. The van der Waals surface area contributed by atoms with Gasteiger partial charge in [-0.05, 0) is 32.1 Å². The van der Waals surface area contributed by atoms with Crippen molar-refractivity contribution in [2.75, 3.05) is 19.8 Å². The number of rotatable bonds is 4. The molecule has 1 aromatic rings. The minimum atomic E-state index is -0.162.